The number of carbonyl (C=O) groups is 1. The first kappa shape index (κ1) is 18.4. The van der Waals surface area contributed by atoms with Crippen LogP contribution in [-0.4, -0.2) is 43.5 Å². The third-order valence-corrected chi connectivity index (χ3v) is 5.53. The first-order valence-electron chi connectivity index (χ1n) is 10.1. The summed E-state index contributed by atoms with van der Waals surface area (Å²) in [6, 6.07) is 12.4. The molecule has 0 unspecified atom stereocenters. The van der Waals surface area contributed by atoms with Gasteiger partial charge in [-0.05, 0) is 49.2 Å². The second-order valence-electron chi connectivity index (χ2n) is 7.52. The number of aromatic nitrogens is 4. The molecule has 0 radical (unpaired) electrons. The van der Waals surface area contributed by atoms with Crippen LogP contribution < -0.4 is 4.74 Å². The van der Waals surface area contributed by atoms with E-state index in [1.54, 1.807) is 12.5 Å². The van der Waals surface area contributed by atoms with Crippen LogP contribution in [-0.2, 0) is 13.1 Å². The van der Waals surface area contributed by atoms with Crippen molar-refractivity contribution in [2.45, 2.75) is 26.9 Å². The minimum atomic E-state index is -0.0226. The lowest BCUT2D eigenvalue weighted by Crippen LogP contribution is -2.33. The third kappa shape index (κ3) is 3.22. The highest BCUT2D eigenvalue weighted by Gasteiger charge is 2.23. The number of ether oxygens (including phenoxy) is 1. The molecule has 154 valence electrons. The molecule has 0 fully saturated rings. The summed E-state index contributed by atoms with van der Waals surface area (Å²) < 4.78 is 7.80. The number of H-pyrrole nitrogens is 1. The summed E-state index contributed by atoms with van der Waals surface area (Å²) in [5.41, 5.74) is 5.76. The van der Waals surface area contributed by atoms with Crippen LogP contribution in [0.1, 0.15) is 30.2 Å². The number of fused-ring (bicyclic) bond motifs is 2. The van der Waals surface area contributed by atoms with Crippen LogP contribution in [0.3, 0.4) is 0 Å². The first-order chi connectivity index (χ1) is 14.6. The van der Waals surface area contributed by atoms with Crippen molar-refractivity contribution in [3.05, 3.63) is 66.0 Å². The number of hydrogen-bond donors (Lipinski definition) is 1. The summed E-state index contributed by atoms with van der Waals surface area (Å²) in [5.74, 6) is 1.71. The molecule has 1 aliphatic heterocycles. The predicted octanol–water partition coefficient (Wildman–Crippen LogP) is 4.04. The average Bonchev–Trinajstić information content (AvgIpc) is 3.31. The van der Waals surface area contributed by atoms with Gasteiger partial charge in [-0.2, -0.15) is 0 Å². The zero-order valence-electron chi connectivity index (χ0n) is 17.1. The summed E-state index contributed by atoms with van der Waals surface area (Å²) in [4.78, 5) is 26.8. The normalized spacial score (nSPS) is 13.7. The van der Waals surface area contributed by atoms with E-state index >= 15 is 0 Å². The number of nitrogens with zero attached hydrogens (tertiary/aromatic N) is 4. The van der Waals surface area contributed by atoms with E-state index in [1.165, 1.54) is 0 Å². The topological polar surface area (TPSA) is 76.0 Å². The number of rotatable bonds is 3. The highest BCUT2D eigenvalue weighted by atomic mass is 16.5. The van der Waals surface area contributed by atoms with Crippen molar-refractivity contribution in [3.63, 3.8) is 0 Å². The summed E-state index contributed by atoms with van der Waals surface area (Å²) in [7, 11) is 0. The van der Waals surface area contributed by atoms with Gasteiger partial charge in [0.2, 0.25) is 0 Å². The highest BCUT2D eigenvalue weighted by molar-refractivity contribution is 5.92. The molecule has 0 saturated heterocycles. The fourth-order valence-electron chi connectivity index (χ4n) is 3.98. The van der Waals surface area contributed by atoms with Gasteiger partial charge in [-0.25, -0.2) is 9.97 Å². The van der Waals surface area contributed by atoms with Gasteiger partial charge < -0.3 is 19.2 Å². The maximum absolute atomic E-state index is 13.1. The zero-order valence-corrected chi connectivity index (χ0v) is 17.1. The quantitative estimate of drug-likeness (QED) is 0.560. The van der Waals surface area contributed by atoms with E-state index in [-0.39, 0.29) is 7.33 Å². The fraction of sp³-hybridized carbons (Fsp3) is 0.261. The SMILES string of the molecule is CCn1cncc1C(=O)N1CCOc2ccc(-c3ccc4nc(C)[nH]c4c3)cc2C1.[HH]. The number of imidazole rings is 2. The van der Waals surface area contributed by atoms with Gasteiger partial charge in [0.25, 0.3) is 5.91 Å². The van der Waals surface area contributed by atoms with Crippen molar-refractivity contribution in [1.29, 1.82) is 0 Å². The number of carbonyl (C=O) groups excluding carboxylic acids is 1. The molecule has 0 atom stereocenters. The van der Waals surface area contributed by atoms with Crippen LogP contribution in [0, 0.1) is 6.92 Å². The molecule has 1 N–H and O–H groups in total. The molecular formula is C23H25N5O2. The Labute approximate surface area is 175 Å². The predicted molar refractivity (Wildman–Crippen MR) is 117 cm³/mol. The number of aromatic amines is 1. The molecule has 2 aromatic carbocycles. The van der Waals surface area contributed by atoms with E-state index in [0.717, 1.165) is 39.3 Å². The molecular weight excluding hydrogens is 378 g/mol. The van der Waals surface area contributed by atoms with Crippen LogP contribution in [0.15, 0.2) is 48.9 Å². The Balaban J connectivity index is 0.00000231. The monoisotopic (exact) mass is 403 g/mol. The minimum absolute atomic E-state index is 0. The van der Waals surface area contributed by atoms with E-state index in [1.807, 2.05) is 35.4 Å². The number of hydrogen-bond acceptors (Lipinski definition) is 4. The van der Waals surface area contributed by atoms with E-state index < -0.39 is 0 Å². The van der Waals surface area contributed by atoms with E-state index in [2.05, 4.69) is 39.2 Å². The maximum atomic E-state index is 13.1. The number of nitrogens with one attached hydrogen (secondary N) is 1. The van der Waals surface area contributed by atoms with Gasteiger partial charge in [0.05, 0.1) is 30.1 Å². The second-order valence-corrected chi connectivity index (χ2v) is 7.52. The number of aryl methyl sites for hydroxylation is 2. The molecule has 0 bridgehead atoms. The second kappa shape index (κ2) is 7.33. The van der Waals surface area contributed by atoms with E-state index in [9.17, 15) is 4.79 Å². The van der Waals surface area contributed by atoms with Gasteiger partial charge in [0.1, 0.15) is 23.9 Å². The lowest BCUT2D eigenvalue weighted by Gasteiger charge is -2.20. The van der Waals surface area contributed by atoms with Crippen LogP contribution >= 0.6 is 0 Å². The summed E-state index contributed by atoms with van der Waals surface area (Å²) >= 11 is 0. The van der Waals surface area contributed by atoms with Crippen molar-refractivity contribution < 1.29 is 11.0 Å². The molecule has 2 aromatic heterocycles. The highest BCUT2D eigenvalue weighted by Crippen LogP contribution is 2.31. The number of amides is 1. The Hall–Kier alpha value is -3.61. The van der Waals surface area contributed by atoms with Crippen LogP contribution in [0.2, 0.25) is 0 Å². The number of benzene rings is 2. The Morgan fingerprint density at radius 1 is 1.23 bits per heavy atom. The maximum Gasteiger partial charge on any atom is 0.272 e. The lowest BCUT2D eigenvalue weighted by molar-refractivity contribution is 0.0722. The summed E-state index contributed by atoms with van der Waals surface area (Å²) in [6.07, 6.45) is 3.33. The van der Waals surface area contributed by atoms with Crippen molar-refractivity contribution in [2.75, 3.05) is 13.2 Å². The zero-order chi connectivity index (χ0) is 20.7. The lowest BCUT2D eigenvalue weighted by atomic mass is 10.0. The van der Waals surface area contributed by atoms with E-state index in [0.29, 0.717) is 31.9 Å². The Morgan fingerprint density at radius 3 is 2.93 bits per heavy atom. The molecule has 1 aliphatic rings. The molecule has 5 rings (SSSR count). The van der Waals surface area contributed by atoms with Gasteiger partial charge in [-0.15, -0.1) is 0 Å². The molecule has 7 heteroatoms. The van der Waals surface area contributed by atoms with Crippen LogP contribution in [0.5, 0.6) is 5.75 Å². The van der Waals surface area contributed by atoms with Gasteiger partial charge in [-0.1, -0.05) is 12.1 Å². The fourth-order valence-corrected chi connectivity index (χ4v) is 3.98. The molecule has 30 heavy (non-hydrogen) atoms. The van der Waals surface area contributed by atoms with Crippen LogP contribution in [0.25, 0.3) is 22.2 Å². The molecule has 0 aliphatic carbocycles. The van der Waals surface area contributed by atoms with Crippen molar-refractivity contribution in [1.82, 2.24) is 24.4 Å². The van der Waals surface area contributed by atoms with E-state index in [4.69, 9.17) is 4.74 Å². The van der Waals surface area contributed by atoms with Crippen molar-refractivity contribution in [2.24, 2.45) is 0 Å². The minimum Gasteiger partial charge on any atom is -0.491 e. The first-order valence-corrected chi connectivity index (χ1v) is 10.1. The molecule has 7 nitrogen and oxygen atoms in total. The Morgan fingerprint density at radius 2 is 2.07 bits per heavy atom. The smallest absolute Gasteiger partial charge is 0.272 e. The summed E-state index contributed by atoms with van der Waals surface area (Å²) in [5, 5.41) is 0. The molecule has 0 spiro atoms. The average molecular weight is 403 g/mol. The molecule has 3 heterocycles. The van der Waals surface area contributed by atoms with Crippen molar-refractivity contribution in [3.8, 4) is 16.9 Å². The molecule has 1 amide bonds. The van der Waals surface area contributed by atoms with Crippen molar-refractivity contribution >= 4 is 16.9 Å². The van der Waals surface area contributed by atoms with Gasteiger partial charge >= 0.3 is 0 Å². The van der Waals surface area contributed by atoms with Gasteiger partial charge in [-0.3, -0.25) is 4.79 Å². The Kier molecular flexibility index (Phi) is 4.50. The third-order valence-electron chi connectivity index (χ3n) is 5.53. The Bertz CT molecular complexity index is 1250. The molecule has 0 saturated carbocycles. The molecule has 4 aromatic rings. The largest absolute Gasteiger partial charge is 0.491 e. The van der Waals surface area contributed by atoms with Gasteiger partial charge in [0.15, 0.2) is 0 Å². The van der Waals surface area contributed by atoms with Crippen LogP contribution in [0.4, 0.5) is 0 Å². The van der Waals surface area contributed by atoms with Gasteiger partial charge in [0, 0.05) is 20.1 Å². The standard InChI is InChI=1S/C23H23N5O2.H2/c1-3-27-14-24-12-21(27)23(29)28-8-9-30-22-7-5-16(10-18(22)13-28)17-4-6-19-20(11-17)26-15(2)25-19;/h4-7,10-12,14H,3,8-9,13H2,1-2H3,(H,25,26);1H. The summed E-state index contributed by atoms with van der Waals surface area (Å²) in [6.45, 7) is 6.18.